The van der Waals surface area contributed by atoms with Crippen LogP contribution < -0.4 is 0 Å². The summed E-state index contributed by atoms with van der Waals surface area (Å²) >= 11 is 0. The van der Waals surface area contributed by atoms with Crippen LogP contribution >= 0.6 is 43.2 Å². The molecule has 0 aliphatic carbocycles. The fourth-order valence-electron chi connectivity index (χ4n) is 0. The van der Waals surface area contributed by atoms with Crippen LogP contribution in [0.1, 0.15) is 6.92 Å². The molecular weight excluding hydrogens is 215 g/mol. The zero-order valence-electron chi connectivity index (χ0n) is 3.10. The molecule has 0 aliphatic heterocycles. The first kappa shape index (κ1) is 16.2. The van der Waals surface area contributed by atoms with Crippen LogP contribution in [0.15, 0.2) is 0 Å². The van der Waals surface area contributed by atoms with Crippen LogP contribution in [0, 0.1) is 0 Å². The van der Waals surface area contributed by atoms with Crippen LogP contribution in [0.5, 0.6) is 0 Å². The van der Waals surface area contributed by atoms with Crippen molar-refractivity contribution in [2.24, 2.45) is 0 Å². The Hall–Kier alpha value is 1.39. The molecule has 0 heterocycles. The monoisotopic (exact) mass is 222 g/mol. The molecule has 0 spiro atoms. The molecule has 0 N–H and O–H groups in total. The molecule has 1 unspecified atom stereocenters. The summed E-state index contributed by atoms with van der Waals surface area (Å²) in [4.78, 5) is 0. The maximum Gasteiger partial charge on any atom is -0.0410 e. The minimum Gasteiger partial charge on any atom is -0.138 e. The van der Waals surface area contributed by atoms with Crippen molar-refractivity contribution in [3.05, 3.63) is 0 Å². The Balaban J connectivity index is -0.0000000200. The van der Waals surface area contributed by atoms with Crippen molar-refractivity contribution >= 4 is 43.2 Å². The van der Waals surface area contributed by atoms with Crippen LogP contribution in [0.4, 0.5) is 0 Å². The van der Waals surface area contributed by atoms with Crippen molar-refractivity contribution in [1.82, 2.24) is 0 Å². The number of rotatable bonds is 0. The first-order valence-corrected chi connectivity index (χ1v) is 1.93. The first-order valence-electron chi connectivity index (χ1n) is 1.12. The van der Waals surface area contributed by atoms with Crippen LogP contribution in [-0.4, -0.2) is 6.16 Å². The van der Waals surface area contributed by atoms with Gasteiger partial charge in [-0.15, -0.1) is 43.2 Å². The summed E-state index contributed by atoms with van der Waals surface area (Å²) in [5.74, 6) is 0. The van der Waals surface area contributed by atoms with Gasteiger partial charge in [-0.05, 0) is 6.16 Å². The first-order chi connectivity index (χ1) is 1.41. The molecule has 0 aromatic rings. The number of halogens is 2. The summed E-state index contributed by atoms with van der Waals surface area (Å²) in [5.41, 5.74) is 0. The molecule has 1 atom stereocenters. The van der Waals surface area contributed by atoms with Crippen molar-refractivity contribution in [1.29, 1.82) is 0 Å². The second kappa shape index (κ2) is 18.2. The van der Waals surface area contributed by atoms with Gasteiger partial charge in [0, 0.05) is 0 Å². The van der Waals surface area contributed by atoms with Crippen LogP contribution in [0.2, 0.25) is 0 Å². The molecule has 36 valence electrons. The average molecular weight is 224 g/mol. The molecular formula is C2H9Br2P. The van der Waals surface area contributed by atoms with Gasteiger partial charge in [-0.1, -0.05) is 6.92 Å². The van der Waals surface area contributed by atoms with Crippen LogP contribution in [-0.2, 0) is 0 Å². The average Bonchev–Trinajstić information content (AvgIpc) is 0.918. The summed E-state index contributed by atoms with van der Waals surface area (Å²) in [6, 6.07) is 0. The molecule has 0 rings (SSSR count). The molecule has 0 nitrogen and oxygen atoms in total. The Bertz CT molecular complexity index is 7.61. The van der Waals surface area contributed by atoms with E-state index in [1.807, 2.05) is 0 Å². The van der Waals surface area contributed by atoms with E-state index in [9.17, 15) is 0 Å². The summed E-state index contributed by atoms with van der Waals surface area (Å²) in [7, 11) is 2.58. The highest BCUT2D eigenvalue weighted by Crippen LogP contribution is 1.68. The summed E-state index contributed by atoms with van der Waals surface area (Å²) < 4.78 is 0. The van der Waals surface area contributed by atoms with Crippen molar-refractivity contribution < 1.29 is 0 Å². The lowest BCUT2D eigenvalue weighted by Crippen LogP contribution is -1.33. The van der Waals surface area contributed by atoms with Gasteiger partial charge in [0.05, 0.1) is 0 Å². The van der Waals surface area contributed by atoms with Gasteiger partial charge in [-0.3, -0.25) is 0 Å². The molecule has 0 saturated carbocycles. The fraction of sp³-hybridized carbons (Fsp3) is 1.00. The predicted molar refractivity (Wildman–Crippen MR) is 40.9 cm³/mol. The smallest absolute Gasteiger partial charge is 0.0410 e. The lowest BCUT2D eigenvalue weighted by molar-refractivity contribution is 1.53. The second-order valence-corrected chi connectivity index (χ2v) is 1.22. The van der Waals surface area contributed by atoms with Gasteiger partial charge in [-0.25, -0.2) is 0 Å². The third-order valence-electron chi connectivity index (χ3n) is 0. The maximum atomic E-state index is 2.58. The molecule has 0 aromatic carbocycles. The third-order valence-corrected chi connectivity index (χ3v) is 0. The van der Waals surface area contributed by atoms with Crippen molar-refractivity contribution in [3.63, 3.8) is 0 Å². The topological polar surface area (TPSA) is 0 Å². The lowest BCUT2D eigenvalue weighted by Gasteiger charge is -1.48. The highest BCUT2D eigenvalue weighted by atomic mass is 79.9. The fourth-order valence-corrected chi connectivity index (χ4v) is 0. The quantitative estimate of drug-likeness (QED) is 0.552. The Morgan fingerprint density at radius 2 is 1.40 bits per heavy atom. The molecule has 0 bridgehead atoms. The zero-order valence-corrected chi connectivity index (χ0v) is 7.68. The molecule has 0 aliphatic rings. The number of hydrogen-bond acceptors (Lipinski definition) is 0. The van der Waals surface area contributed by atoms with Crippen LogP contribution in [0.25, 0.3) is 0 Å². The molecule has 5 heavy (non-hydrogen) atoms. The van der Waals surface area contributed by atoms with Gasteiger partial charge in [0.1, 0.15) is 0 Å². The molecule has 3 heteroatoms. The maximum absolute atomic E-state index is 2.58. The molecule has 0 amide bonds. The third kappa shape index (κ3) is 32.1. The standard InChI is InChI=1S/C2H7P.2BrH/c1-2-3;;/h2-3H2,1H3;2*1H. The predicted octanol–water partition coefficient (Wildman–Crippen LogP) is 2.04. The minimum absolute atomic E-state index is 0. The van der Waals surface area contributed by atoms with E-state index < -0.39 is 0 Å². The lowest BCUT2D eigenvalue weighted by atomic mass is 11.0. The van der Waals surface area contributed by atoms with E-state index in [2.05, 4.69) is 16.2 Å². The summed E-state index contributed by atoms with van der Waals surface area (Å²) in [6.07, 6.45) is 1.17. The normalized spacial score (nSPS) is 3.60. The summed E-state index contributed by atoms with van der Waals surface area (Å²) in [5, 5.41) is 0. The van der Waals surface area contributed by atoms with Gasteiger partial charge in [0.25, 0.3) is 0 Å². The largest absolute Gasteiger partial charge is 0.138 e. The number of hydrogen-bond donors (Lipinski definition) is 0. The van der Waals surface area contributed by atoms with E-state index in [0.717, 1.165) is 0 Å². The van der Waals surface area contributed by atoms with Crippen molar-refractivity contribution in [3.8, 4) is 0 Å². The summed E-state index contributed by atoms with van der Waals surface area (Å²) in [6.45, 7) is 2.09. The zero-order chi connectivity index (χ0) is 2.71. The van der Waals surface area contributed by atoms with Crippen molar-refractivity contribution in [2.75, 3.05) is 6.16 Å². The Kier molecular flexibility index (Phi) is 58.8. The van der Waals surface area contributed by atoms with E-state index in [1.165, 1.54) is 6.16 Å². The molecule has 0 radical (unpaired) electrons. The van der Waals surface area contributed by atoms with E-state index in [1.54, 1.807) is 0 Å². The van der Waals surface area contributed by atoms with E-state index >= 15 is 0 Å². The van der Waals surface area contributed by atoms with E-state index in [0.29, 0.717) is 0 Å². The molecule has 0 aromatic heterocycles. The van der Waals surface area contributed by atoms with E-state index in [-0.39, 0.29) is 34.0 Å². The van der Waals surface area contributed by atoms with Crippen LogP contribution in [0.3, 0.4) is 0 Å². The SMILES string of the molecule is Br.Br.CCP. The highest BCUT2D eigenvalue weighted by molar-refractivity contribution is 8.93. The van der Waals surface area contributed by atoms with Gasteiger partial charge in [0.2, 0.25) is 0 Å². The Labute approximate surface area is 56.5 Å². The Morgan fingerprint density at radius 1 is 1.40 bits per heavy atom. The van der Waals surface area contributed by atoms with E-state index in [4.69, 9.17) is 0 Å². The minimum atomic E-state index is 0. The van der Waals surface area contributed by atoms with Gasteiger partial charge >= 0.3 is 0 Å². The van der Waals surface area contributed by atoms with Crippen molar-refractivity contribution in [2.45, 2.75) is 6.92 Å². The van der Waals surface area contributed by atoms with Gasteiger partial charge in [-0.2, -0.15) is 0 Å². The van der Waals surface area contributed by atoms with Gasteiger partial charge in [0.15, 0.2) is 0 Å². The molecule has 0 saturated heterocycles. The van der Waals surface area contributed by atoms with Gasteiger partial charge < -0.3 is 0 Å². The Morgan fingerprint density at radius 3 is 1.40 bits per heavy atom. The second-order valence-electron chi connectivity index (χ2n) is 0.408. The molecule has 0 fully saturated rings. The highest BCUT2D eigenvalue weighted by Gasteiger charge is 1.35.